The number of aromatic nitrogens is 2. The molecule has 1 aromatic heterocycles. The first kappa shape index (κ1) is 21.6. The van der Waals surface area contributed by atoms with Crippen molar-refractivity contribution in [2.24, 2.45) is 7.05 Å². The van der Waals surface area contributed by atoms with Gasteiger partial charge in [-0.05, 0) is 24.1 Å². The van der Waals surface area contributed by atoms with Gasteiger partial charge in [-0.15, -0.1) is 0 Å². The first-order chi connectivity index (χ1) is 12.6. The Labute approximate surface area is 151 Å². The molecule has 0 aliphatic carbocycles. The molecule has 0 aliphatic rings. The van der Waals surface area contributed by atoms with Crippen LogP contribution in [0.3, 0.4) is 0 Å². The van der Waals surface area contributed by atoms with Crippen LogP contribution in [-0.2, 0) is 25.0 Å². The highest BCUT2D eigenvalue weighted by Gasteiger charge is 2.57. The van der Waals surface area contributed by atoms with Crippen molar-refractivity contribution in [1.82, 2.24) is 9.55 Å². The fourth-order valence-electron chi connectivity index (χ4n) is 2.16. The van der Waals surface area contributed by atoms with Gasteiger partial charge in [-0.1, -0.05) is 5.92 Å². The van der Waals surface area contributed by atoms with Gasteiger partial charge in [0.15, 0.2) is 5.82 Å². The second kappa shape index (κ2) is 6.73. The van der Waals surface area contributed by atoms with E-state index in [4.69, 9.17) is 0 Å². The van der Waals surface area contributed by atoms with Crippen LogP contribution in [0.15, 0.2) is 30.6 Å². The van der Waals surface area contributed by atoms with Gasteiger partial charge in [-0.3, -0.25) is 0 Å². The maximum atomic E-state index is 13.3. The van der Waals surface area contributed by atoms with E-state index in [2.05, 4.69) is 4.98 Å². The minimum atomic E-state index is -5.44. The molecule has 2 rings (SSSR count). The standard InChI is InChI=1S/C16H9F9N2O/c1-27-5-4-26-12(27)13(28,16(23,24)25)3-2-9-6-10(14(17,18)19)8-11(7-9)15(20,21)22/h4-8,28H,1H3. The van der Waals surface area contributed by atoms with E-state index in [1.807, 2.05) is 0 Å². The van der Waals surface area contributed by atoms with Crippen molar-refractivity contribution >= 4 is 0 Å². The molecule has 0 aliphatic heterocycles. The number of nitrogens with zero attached hydrogens (tertiary/aromatic N) is 2. The average Bonchev–Trinajstić information content (AvgIpc) is 2.96. The van der Waals surface area contributed by atoms with E-state index < -0.39 is 46.6 Å². The van der Waals surface area contributed by atoms with Gasteiger partial charge >= 0.3 is 18.5 Å². The van der Waals surface area contributed by atoms with Crippen molar-refractivity contribution in [1.29, 1.82) is 0 Å². The Kier molecular flexibility index (Phi) is 5.20. The number of hydrogen-bond donors (Lipinski definition) is 1. The molecule has 1 aromatic carbocycles. The molecule has 0 spiro atoms. The topological polar surface area (TPSA) is 38.0 Å². The Bertz CT molecular complexity index is 896. The lowest BCUT2D eigenvalue weighted by atomic mass is 10.0. The van der Waals surface area contributed by atoms with Gasteiger partial charge in [-0.2, -0.15) is 39.5 Å². The maximum Gasteiger partial charge on any atom is 0.436 e. The molecule has 0 saturated heterocycles. The second-order valence-corrected chi connectivity index (χ2v) is 5.61. The number of aryl methyl sites for hydroxylation is 1. The van der Waals surface area contributed by atoms with E-state index in [9.17, 15) is 44.6 Å². The van der Waals surface area contributed by atoms with Gasteiger partial charge in [0, 0.05) is 25.0 Å². The molecule has 2 aromatic rings. The minimum absolute atomic E-state index is 0.150. The van der Waals surface area contributed by atoms with Crippen molar-refractivity contribution in [3.05, 3.63) is 53.1 Å². The van der Waals surface area contributed by atoms with Crippen molar-refractivity contribution in [3.8, 4) is 11.8 Å². The lowest BCUT2D eigenvalue weighted by molar-refractivity contribution is -0.244. The molecule has 3 nitrogen and oxygen atoms in total. The quantitative estimate of drug-likeness (QED) is 0.558. The van der Waals surface area contributed by atoms with Gasteiger partial charge in [0.1, 0.15) is 0 Å². The number of hydrogen-bond acceptors (Lipinski definition) is 2. The summed E-state index contributed by atoms with van der Waals surface area (Å²) >= 11 is 0. The smallest absolute Gasteiger partial charge is 0.364 e. The summed E-state index contributed by atoms with van der Waals surface area (Å²) in [6.07, 6.45) is -13.9. The lowest BCUT2D eigenvalue weighted by Gasteiger charge is -2.24. The third-order valence-corrected chi connectivity index (χ3v) is 3.53. The van der Waals surface area contributed by atoms with Crippen LogP contribution in [0.5, 0.6) is 0 Å². The molecule has 12 heteroatoms. The number of halogens is 9. The number of alkyl halides is 9. The molecule has 1 unspecified atom stereocenters. The molecule has 28 heavy (non-hydrogen) atoms. The number of benzene rings is 1. The Hall–Kier alpha value is -2.68. The number of rotatable bonds is 1. The zero-order chi connectivity index (χ0) is 21.5. The van der Waals surface area contributed by atoms with Gasteiger partial charge < -0.3 is 9.67 Å². The summed E-state index contributed by atoms with van der Waals surface area (Å²) in [5.74, 6) is 1.87. The Morgan fingerprint density at radius 2 is 1.39 bits per heavy atom. The molecule has 1 heterocycles. The highest BCUT2D eigenvalue weighted by atomic mass is 19.4. The average molecular weight is 416 g/mol. The summed E-state index contributed by atoms with van der Waals surface area (Å²) in [4.78, 5) is 3.31. The zero-order valence-electron chi connectivity index (χ0n) is 13.6. The highest BCUT2D eigenvalue weighted by Crippen LogP contribution is 2.38. The van der Waals surface area contributed by atoms with Crippen molar-refractivity contribution in [2.75, 3.05) is 0 Å². The third-order valence-electron chi connectivity index (χ3n) is 3.53. The van der Waals surface area contributed by atoms with Crippen LogP contribution in [0.2, 0.25) is 0 Å². The van der Waals surface area contributed by atoms with Gasteiger partial charge in [0.05, 0.1) is 11.1 Å². The SMILES string of the molecule is Cn1ccnc1C(O)(C#Cc1cc(C(F)(F)F)cc(C(F)(F)F)c1)C(F)(F)F. The molecule has 1 N–H and O–H groups in total. The molecular weight excluding hydrogens is 407 g/mol. The van der Waals surface area contributed by atoms with Crippen LogP contribution >= 0.6 is 0 Å². The maximum absolute atomic E-state index is 13.3. The summed E-state index contributed by atoms with van der Waals surface area (Å²) in [5, 5.41) is 9.98. The summed E-state index contributed by atoms with van der Waals surface area (Å²) in [5.41, 5.74) is -8.44. The van der Waals surface area contributed by atoms with Crippen molar-refractivity contribution in [2.45, 2.75) is 24.1 Å². The van der Waals surface area contributed by atoms with Crippen molar-refractivity contribution in [3.63, 3.8) is 0 Å². The van der Waals surface area contributed by atoms with E-state index in [-0.39, 0.29) is 18.2 Å². The van der Waals surface area contributed by atoms with E-state index >= 15 is 0 Å². The second-order valence-electron chi connectivity index (χ2n) is 5.61. The van der Waals surface area contributed by atoms with Crippen LogP contribution in [0.1, 0.15) is 22.5 Å². The number of aliphatic hydroxyl groups is 1. The molecule has 0 saturated carbocycles. The van der Waals surface area contributed by atoms with Crippen LogP contribution < -0.4 is 0 Å². The fraction of sp³-hybridized carbons (Fsp3) is 0.312. The normalized spacial score (nSPS) is 15.0. The van der Waals surface area contributed by atoms with Crippen molar-refractivity contribution < 1.29 is 44.6 Å². The van der Waals surface area contributed by atoms with E-state index in [0.29, 0.717) is 0 Å². The van der Waals surface area contributed by atoms with Gasteiger partial charge in [0.25, 0.3) is 5.60 Å². The molecule has 152 valence electrons. The molecule has 0 bridgehead atoms. The fourth-order valence-corrected chi connectivity index (χ4v) is 2.16. The highest BCUT2D eigenvalue weighted by molar-refractivity contribution is 5.44. The lowest BCUT2D eigenvalue weighted by Crippen LogP contribution is -2.43. The Balaban J connectivity index is 2.67. The predicted molar refractivity (Wildman–Crippen MR) is 76.5 cm³/mol. The molecular formula is C16H9F9N2O. The van der Waals surface area contributed by atoms with Gasteiger partial charge in [0.2, 0.25) is 0 Å². The van der Waals surface area contributed by atoms with Crippen LogP contribution in [0.25, 0.3) is 0 Å². The third kappa shape index (κ3) is 4.24. The van der Waals surface area contributed by atoms with Gasteiger partial charge in [-0.25, -0.2) is 4.98 Å². The predicted octanol–water partition coefficient (Wildman–Crippen LogP) is 4.26. The number of imidazole rings is 1. The Morgan fingerprint density at radius 3 is 1.75 bits per heavy atom. The van der Waals surface area contributed by atoms with E-state index in [1.54, 1.807) is 5.92 Å². The molecule has 0 radical (unpaired) electrons. The summed E-state index contributed by atoms with van der Waals surface area (Å²) in [7, 11) is 1.09. The van der Waals surface area contributed by atoms with E-state index in [0.717, 1.165) is 24.0 Å². The molecule has 0 amide bonds. The largest absolute Gasteiger partial charge is 0.436 e. The first-order valence-corrected chi connectivity index (χ1v) is 7.15. The van der Waals surface area contributed by atoms with Crippen LogP contribution in [-0.4, -0.2) is 20.8 Å². The minimum Gasteiger partial charge on any atom is -0.364 e. The zero-order valence-corrected chi connectivity index (χ0v) is 13.6. The van der Waals surface area contributed by atoms with Crippen LogP contribution in [0, 0.1) is 11.8 Å². The summed E-state index contributed by atoms with van der Waals surface area (Å²) in [6, 6.07) is 0.106. The molecule has 1 atom stereocenters. The van der Waals surface area contributed by atoms with E-state index in [1.165, 1.54) is 5.92 Å². The summed E-state index contributed by atoms with van der Waals surface area (Å²) < 4.78 is 118. The Morgan fingerprint density at radius 1 is 0.893 bits per heavy atom. The first-order valence-electron chi connectivity index (χ1n) is 7.15. The monoisotopic (exact) mass is 416 g/mol. The molecule has 0 fully saturated rings. The van der Waals surface area contributed by atoms with Crippen LogP contribution in [0.4, 0.5) is 39.5 Å². The summed E-state index contributed by atoms with van der Waals surface area (Å²) in [6.45, 7) is 0.